The van der Waals surface area contributed by atoms with Crippen LogP contribution in [-0.2, 0) is 4.74 Å². The summed E-state index contributed by atoms with van der Waals surface area (Å²) in [5, 5.41) is 8.80. The predicted octanol–water partition coefficient (Wildman–Crippen LogP) is 1.18. The highest BCUT2D eigenvalue weighted by atomic mass is 16.5. The second kappa shape index (κ2) is 3.35. The molecule has 10 heavy (non-hydrogen) atoms. The summed E-state index contributed by atoms with van der Waals surface area (Å²) in [5.41, 5.74) is 0. The molecule has 0 saturated carbocycles. The van der Waals surface area contributed by atoms with Crippen LogP contribution in [0.15, 0.2) is 0 Å². The molecule has 1 heterocycles. The summed E-state index contributed by atoms with van der Waals surface area (Å²) in [6.07, 6.45) is 2.58. The third-order valence-corrected chi connectivity index (χ3v) is 2.03. The molecule has 1 aliphatic rings. The molecule has 2 unspecified atom stereocenters. The molecule has 60 valence electrons. The molecule has 0 spiro atoms. The lowest BCUT2D eigenvalue weighted by Gasteiger charge is -2.30. The van der Waals surface area contributed by atoms with Crippen LogP contribution >= 0.6 is 0 Å². The Morgan fingerprint density at radius 1 is 1.40 bits per heavy atom. The number of aliphatic hydroxyl groups is 1. The Morgan fingerprint density at radius 3 is 2.60 bits per heavy atom. The molecule has 1 fully saturated rings. The van der Waals surface area contributed by atoms with Crippen molar-refractivity contribution in [3.63, 3.8) is 0 Å². The zero-order valence-corrected chi connectivity index (χ0v) is 6.71. The second-order valence-electron chi connectivity index (χ2n) is 3.33. The second-order valence-corrected chi connectivity index (χ2v) is 3.33. The van der Waals surface area contributed by atoms with Crippen LogP contribution in [0.3, 0.4) is 0 Å². The van der Waals surface area contributed by atoms with Gasteiger partial charge in [-0.05, 0) is 25.7 Å². The quantitative estimate of drug-likeness (QED) is 0.599. The van der Waals surface area contributed by atoms with Crippen LogP contribution in [0, 0.1) is 5.92 Å². The van der Waals surface area contributed by atoms with Gasteiger partial charge in [-0.25, -0.2) is 0 Å². The summed E-state index contributed by atoms with van der Waals surface area (Å²) in [6, 6.07) is 0. The first kappa shape index (κ1) is 8.02. The first-order chi connectivity index (χ1) is 4.72. The first-order valence-electron chi connectivity index (χ1n) is 3.98. The van der Waals surface area contributed by atoms with E-state index in [0.29, 0.717) is 12.0 Å². The Morgan fingerprint density at radius 2 is 2.10 bits per heavy atom. The third-order valence-electron chi connectivity index (χ3n) is 2.03. The van der Waals surface area contributed by atoms with E-state index in [1.54, 1.807) is 0 Å². The third kappa shape index (κ3) is 1.96. The van der Waals surface area contributed by atoms with Crippen molar-refractivity contribution in [2.24, 2.45) is 5.92 Å². The number of ether oxygens (including phenoxy) is 1. The molecule has 0 bridgehead atoms. The number of aliphatic hydroxyl groups excluding tert-OH is 1. The lowest BCUT2D eigenvalue weighted by molar-refractivity contribution is -0.0797. The summed E-state index contributed by atoms with van der Waals surface area (Å²) in [7, 11) is 0. The summed E-state index contributed by atoms with van der Waals surface area (Å²) < 4.78 is 5.46. The maximum absolute atomic E-state index is 8.80. The molecule has 2 nitrogen and oxygen atoms in total. The molecule has 1 rings (SSSR count). The van der Waals surface area contributed by atoms with Crippen molar-refractivity contribution in [2.45, 2.75) is 38.9 Å². The van der Waals surface area contributed by atoms with Gasteiger partial charge in [0.2, 0.25) is 0 Å². The molecule has 0 amide bonds. The molecule has 0 aliphatic carbocycles. The summed E-state index contributed by atoms with van der Waals surface area (Å²) in [6.45, 7) is 4.45. The zero-order chi connectivity index (χ0) is 7.56. The molecule has 2 heteroatoms. The molecule has 0 radical (unpaired) electrons. The van der Waals surface area contributed by atoms with Crippen LogP contribution < -0.4 is 0 Å². The fourth-order valence-corrected chi connectivity index (χ4v) is 1.67. The maximum atomic E-state index is 8.80. The largest absolute Gasteiger partial charge is 0.394 e. The van der Waals surface area contributed by atoms with Gasteiger partial charge in [0.25, 0.3) is 0 Å². The molecule has 3 atom stereocenters. The number of rotatable bonds is 1. The van der Waals surface area contributed by atoms with E-state index < -0.39 is 0 Å². The van der Waals surface area contributed by atoms with Gasteiger partial charge < -0.3 is 9.84 Å². The van der Waals surface area contributed by atoms with Gasteiger partial charge in [-0.1, -0.05) is 6.92 Å². The van der Waals surface area contributed by atoms with Crippen molar-refractivity contribution in [1.82, 2.24) is 0 Å². The van der Waals surface area contributed by atoms with E-state index in [2.05, 4.69) is 13.8 Å². The van der Waals surface area contributed by atoms with E-state index in [4.69, 9.17) is 9.84 Å². The average molecular weight is 144 g/mol. The van der Waals surface area contributed by atoms with Crippen molar-refractivity contribution in [3.8, 4) is 0 Å². The van der Waals surface area contributed by atoms with Gasteiger partial charge in [0.1, 0.15) is 0 Å². The summed E-state index contributed by atoms with van der Waals surface area (Å²) in [5.74, 6) is 0.709. The highest BCUT2D eigenvalue weighted by molar-refractivity contribution is 4.71. The average Bonchev–Trinajstić information content (AvgIpc) is 1.85. The van der Waals surface area contributed by atoms with Gasteiger partial charge in [-0.15, -0.1) is 0 Å². The van der Waals surface area contributed by atoms with Crippen molar-refractivity contribution in [2.75, 3.05) is 6.61 Å². The topological polar surface area (TPSA) is 29.5 Å². The van der Waals surface area contributed by atoms with E-state index >= 15 is 0 Å². The summed E-state index contributed by atoms with van der Waals surface area (Å²) >= 11 is 0. The normalized spacial score (nSPS) is 41.7. The molecule has 1 saturated heterocycles. The highest BCUT2D eigenvalue weighted by Gasteiger charge is 2.23. The van der Waals surface area contributed by atoms with Crippen LogP contribution in [0.1, 0.15) is 26.7 Å². The van der Waals surface area contributed by atoms with Crippen molar-refractivity contribution < 1.29 is 9.84 Å². The van der Waals surface area contributed by atoms with E-state index in [1.165, 1.54) is 0 Å². The Bertz CT molecular complexity index is 93.4. The Kier molecular flexibility index (Phi) is 2.69. The number of hydrogen-bond donors (Lipinski definition) is 1. The van der Waals surface area contributed by atoms with Crippen molar-refractivity contribution in [1.29, 1.82) is 0 Å². The lowest BCUT2D eigenvalue weighted by atomic mass is 9.94. The van der Waals surface area contributed by atoms with Gasteiger partial charge in [0.05, 0.1) is 18.8 Å². The highest BCUT2D eigenvalue weighted by Crippen LogP contribution is 2.23. The van der Waals surface area contributed by atoms with Crippen LogP contribution in [0.5, 0.6) is 0 Å². The van der Waals surface area contributed by atoms with Gasteiger partial charge in [0, 0.05) is 0 Å². The van der Waals surface area contributed by atoms with E-state index in [0.717, 1.165) is 12.8 Å². The molecule has 0 aromatic rings. The SMILES string of the molecule is CC1C[C@H](C)CC(CO)O1. The van der Waals surface area contributed by atoms with Crippen LogP contribution in [0.2, 0.25) is 0 Å². The van der Waals surface area contributed by atoms with Gasteiger partial charge >= 0.3 is 0 Å². The minimum Gasteiger partial charge on any atom is -0.394 e. The number of hydrogen-bond acceptors (Lipinski definition) is 2. The molecule has 1 N–H and O–H groups in total. The Labute approximate surface area is 62.2 Å². The molecular weight excluding hydrogens is 128 g/mol. The van der Waals surface area contributed by atoms with Crippen LogP contribution in [-0.4, -0.2) is 23.9 Å². The summed E-state index contributed by atoms with van der Waals surface area (Å²) in [4.78, 5) is 0. The molecular formula is C8H16O2. The fourth-order valence-electron chi connectivity index (χ4n) is 1.67. The van der Waals surface area contributed by atoms with E-state index in [-0.39, 0.29) is 12.7 Å². The van der Waals surface area contributed by atoms with Crippen molar-refractivity contribution >= 4 is 0 Å². The molecule has 0 aromatic heterocycles. The Hall–Kier alpha value is -0.0800. The fraction of sp³-hybridized carbons (Fsp3) is 1.00. The predicted molar refractivity (Wildman–Crippen MR) is 39.8 cm³/mol. The van der Waals surface area contributed by atoms with Crippen LogP contribution in [0.4, 0.5) is 0 Å². The van der Waals surface area contributed by atoms with Gasteiger partial charge in [0.15, 0.2) is 0 Å². The standard InChI is InChI=1S/C8H16O2/c1-6-3-7(2)10-8(4-6)5-9/h6-9H,3-5H2,1-2H3/t6-,7?,8?/m0/s1. The minimum absolute atomic E-state index is 0.0961. The van der Waals surface area contributed by atoms with E-state index in [1.807, 2.05) is 0 Å². The van der Waals surface area contributed by atoms with E-state index in [9.17, 15) is 0 Å². The molecule has 0 aromatic carbocycles. The van der Waals surface area contributed by atoms with Gasteiger partial charge in [-0.2, -0.15) is 0 Å². The smallest absolute Gasteiger partial charge is 0.0811 e. The maximum Gasteiger partial charge on any atom is 0.0811 e. The zero-order valence-electron chi connectivity index (χ0n) is 6.71. The van der Waals surface area contributed by atoms with Crippen molar-refractivity contribution in [3.05, 3.63) is 0 Å². The Balaban J connectivity index is 2.35. The van der Waals surface area contributed by atoms with Crippen LogP contribution in [0.25, 0.3) is 0 Å². The first-order valence-corrected chi connectivity index (χ1v) is 3.98. The van der Waals surface area contributed by atoms with Gasteiger partial charge in [-0.3, -0.25) is 0 Å². The minimum atomic E-state index is 0.0961. The monoisotopic (exact) mass is 144 g/mol. The molecule has 1 aliphatic heterocycles. The lowest BCUT2D eigenvalue weighted by Crippen LogP contribution is -2.32.